The summed E-state index contributed by atoms with van der Waals surface area (Å²) >= 11 is 0. The Morgan fingerprint density at radius 2 is 1.88 bits per heavy atom. The molecule has 1 aromatic rings. The Morgan fingerprint density at radius 3 is 2.58 bits per heavy atom. The molecular weight excluding hydrogens is 356 g/mol. The normalized spacial score (nSPS) is 27.8. The molecule has 3 aliphatic heterocycles. The lowest BCUT2D eigenvalue weighted by atomic mass is 10.00. The van der Waals surface area contributed by atoms with Crippen molar-refractivity contribution in [1.29, 1.82) is 0 Å². The molecule has 3 heterocycles. The van der Waals surface area contributed by atoms with E-state index in [4.69, 9.17) is 9.47 Å². The van der Waals surface area contributed by atoms with Crippen LogP contribution in [0.2, 0.25) is 0 Å². The Balaban J connectivity index is 1.36. The quantitative estimate of drug-likeness (QED) is 0.803. The monoisotopic (exact) mass is 378 g/mol. The molecule has 1 amide bonds. The summed E-state index contributed by atoms with van der Waals surface area (Å²) < 4.78 is 36.1. The predicted molar refractivity (Wildman–Crippen MR) is 96.3 cm³/mol. The minimum absolute atomic E-state index is 0.00638. The molecule has 0 aliphatic carbocycles. The van der Waals surface area contributed by atoms with Gasteiger partial charge in [0, 0.05) is 24.2 Å². The van der Waals surface area contributed by atoms with Crippen LogP contribution in [0.15, 0.2) is 24.3 Å². The summed E-state index contributed by atoms with van der Waals surface area (Å²) in [6.07, 6.45) is 7.60. The summed E-state index contributed by atoms with van der Waals surface area (Å²) in [5.41, 5.74) is 0.858. The fourth-order valence-corrected chi connectivity index (χ4v) is 5.70. The summed E-state index contributed by atoms with van der Waals surface area (Å²) in [6.45, 7) is 0.220. The summed E-state index contributed by atoms with van der Waals surface area (Å²) in [7, 11) is -3.18. The number of sulfonamides is 1. The van der Waals surface area contributed by atoms with Crippen LogP contribution in [0.25, 0.3) is 6.08 Å². The molecule has 26 heavy (non-hydrogen) atoms. The van der Waals surface area contributed by atoms with Gasteiger partial charge in [0.15, 0.2) is 11.5 Å². The Hall–Kier alpha value is -2.06. The number of benzene rings is 1. The summed E-state index contributed by atoms with van der Waals surface area (Å²) in [5, 5.41) is 3.01. The fraction of sp³-hybridized carbons (Fsp3) is 0.500. The molecule has 2 atom stereocenters. The molecule has 7 nitrogen and oxygen atoms in total. The number of carbonyl (C=O) groups excluding carboxylic acids is 1. The fourth-order valence-electron chi connectivity index (χ4n) is 4.23. The number of fused-ring (bicyclic) bond motifs is 3. The van der Waals surface area contributed by atoms with Crippen molar-refractivity contribution in [3.63, 3.8) is 0 Å². The van der Waals surface area contributed by atoms with Crippen molar-refractivity contribution >= 4 is 22.0 Å². The molecule has 2 unspecified atom stereocenters. The SMILES string of the molecule is CS(=O)(=O)N1C2CCC1CC(NC(=O)C=Cc1ccc3c(c1)OCO3)C2. The molecule has 0 saturated carbocycles. The van der Waals surface area contributed by atoms with Gasteiger partial charge in [-0.25, -0.2) is 8.42 Å². The zero-order chi connectivity index (χ0) is 18.3. The zero-order valence-corrected chi connectivity index (χ0v) is 15.4. The minimum atomic E-state index is -3.18. The van der Waals surface area contributed by atoms with Gasteiger partial charge in [0.05, 0.1) is 6.26 Å². The smallest absolute Gasteiger partial charge is 0.244 e. The van der Waals surface area contributed by atoms with Crippen LogP contribution in [0.4, 0.5) is 0 Å². The third kappa shape index (κ3) is 3.43. The lowest BCUT2D eigenvalue weighted by molar-refractivity contribution is -0.117. The second-order valence-corrected chi connectivity index (χ2v) is 8.99. The lowest BCUT2D eigenvalue weighted by Crippen LogP contribution is -2.51. The molecular formula is C18H22N2O5S. The molecule has 2 bridgehead atoms. The Kier molecular flexibility index (Phi) is 4.40. The van der Waals surface area contributed by atoms with Crippen LogP contribution in [0.1, 0.15) is 31.2 Å². The molecule has 0 spiro atoms. The van der Waals surface area contributed by atoms with E-state index in [1.807, 2.05) is 18.2 Å². The summed E-state index contributed by atoms with van der Waals surface area (Å²) in [4.78, 5) is 12.2. The highest BCUT2D eigenvalue weighted by molar-refractivity contribution is 7.88. The Labute approximate surface area is 153 Å². The second kappa shape index (κ2) is 6.59. The Morgan fingerprint density at radius 1 is 1.19 bits per heavy atom. The highest BCUT2D eigenvalue weighted by Crippen LogP contribution is 2.37. The van der Waals surface area contributed by atoms with E-state index < -0.39 is 10.0 Å². The van der Waals surface area contributed by atoms with Gasteiger partial charge < -0.3 is 14.8 Å². The van der Waals surface area contributed by atoms with Crippen molar-refractivity contribution in [3.05, 3.63) is 29.8 Å². The van der Waals surface area contributed by atoms with Gasteiger partial charge in [-0.2, -0.15) is 4.31 Å². The topological polar surface area (TPSA) is 84.9 Å². The molecule has 2 fully saturated rings. The summed E-state index contributed by atoms with van der Waals surface area (Å²) in [6, 6.07) is 5.54. The number of amides is 1. The van der Waals surface area contributed by atoms with Crippen LogP contribution in [0, 0.1) is 0 Å². The van der Waals surface area contributed by atoms with E-state index in [1.54, 1.807) is 10.4 Å². The van der Waals surface area contributed by atoms with E-state index >= 15 is 0 Å². The van der Waals surface area contributed by atoms with Crippen LogP contribution < -0.4 is 14.8 Å². The van der Waals surface area contributed by atoms with Crippen molar-refractivity contribution in [1.82, 2.24) is 9.62 Å². The second-order valence-electron chi connectivity index (χ2n) is 7.10. The first-order valence-corrected chi connectivity index (χ1v) is 10.6. The van der Waals surface area contributed by atoms with E-state index in [0.29, 0.717) is 24.3 Å². The first-order chi connectivity index (χ1) is 12.4. The first kappa shape index (κ1) is 17.4. The number of rotatable bonds is 4. The largest absolute Gasteiger partial charge is 0.454 e. The third-order valence-corrected chi connectivity index (χ3v) is 6.58. The van der Waals surface area contributed by atoms with Crippen LogP contribution in [0.3, 0.4) is 0 Å². The zero-order valence-electron chi connectivity index (χ0n) is 14.6. The van der Waals surface area contributed by atoms with E-state index in [9.17, 15) is 13.2 Å². The molecule has 4 rings (SSSR count). The van der Waals surface area contributed by atoms with Gasteiger partial charge in [-0.1, -0.05) is 6.07 Å². The van der Waals surface area contributed by atoms with E-state index in [-0.39, 0.29) is 30.8 Å². The van der Waals surface area contributed by atoms with Crippen molar-refractivity contribution in [2.45, 2.75) is 43.8 Å². The van der Waals surface area contributed by atoms with Gasteiger partial charge in [0.2, 0.25) is 22.7 Å². The van der Waals surface area contributed by atoms with Crippen molar-refractivity contribution in [2.24, 2.45) is 0 Å². The third-order valence-electron chi connectivity index (χ3n) is 5.22. The standard InChI is InChI=1S/C18H22N2O5S/c1-26(22,23)20-14-4-5-15(20)10-13(9-14)19-18(21)7-3-12-2-6-16-17(8-12)25-11-24-16/h2-3,6-8,13-15H,4-5,9-11H2,1H3,(H,19,21). The van der Waals surface area contributed by atoms with E-state index in [1.165, 1.54) is 12.3 Å². The molecule has 2 saturated heterocycles. The number of hydrogen-bond donors (Lipinski definition) is 1. The highest BCUT2D eigenvalue weighted by atomic mass is 32.2. The van der Waals surface area contributed by atoms with Gasteiger partial charge in [-0.15, -0.1) is 0 Å². The van der Waals surface area contributed by atoms with Crippen LogP contribution in [-0.2, 0) is 14.8 Å². The predicted octanol–water partition coefficient (Wildman–Crippen LogP) is 1.50. The van der Waals surface area contributed by atoms with Crippen LogP contribution in [0.5, 0.6) is 11.5 Å². The lowest BCUT2D eigenvalue weighted by Gasteiger charge is -2.37. The summed E-state index contributed by atoms with van der Waals surface area (Å²) in [5.74, 6) is 1.22. The highest BCUT2D eigenvalue weighted by Gasteiger charge is 2.45. The number of nitrogens with zero attached hydrogens (tertiary/aromatic N) is 1. The number of carbonyl (C=O) groups is 1. The molecule has 8 heteroatoms. The van der Waals surface area contributed by atoms with Crippen molar-refractivity contribution in [3.8, 4) is 11.5 Å². The van der Waals surface area contributed by atoms with Crippen molar-refractivity contribution in [2.75, 3.05) is 13.0 Å². The van der Waals surface area contributed by atoms with Gasteiger partial charge in [-0.05, 0) is 49.5 Å². The van der Waals surface area contributed by atoms with Gasteiger partial charge in [0.1, 0.15) is 0 Å². The van der Waals surface area contributed by atoms with E-state index in [2.05, 4.69) is 5.32 Å². The van der Waals surface area contributed by atoms with E-state index in [0.717, 1.165) is 18.4 Å². The minimum Gasteiger partial charge on any atom is -0.454 e. The maximum absolute atomic E-state index is 12.2. The van der Waals surface area contributed by atoms with Gasteiger partial charge in [0.25, 0.3) is 0 Å². The molecule has 0 aromatic heterocycles. The average molecular weight is 378 g/mol. The number of ether oxygens (including phenoxy) is 2. The van der Waals surface area contributed by atoms with Crippen LogP contribution >= 0.6 is 0 Å². The number of piperidine rings is 1. The van der Waals surface area contributed by atoms with Gasteiger partial charge >= 0.3 is 0 Å². The molecule has 1 aromatic carbocycles. The van der Waals surface area contributed by atoms with Crippen molar-refractivity contribution < 1.29 is 22.7 Å². The molecule has 0 radical (unpaired) electrons. The first-order valence-electron chi connectivity index (χ1n) is 8.77. The average Bonchev–Trinajstić information content (AvgIpc) is 3.15. The maximum Gasteiger partial charge on any atom is 0.244 e. The number of nitrogens with one attached hydrogen (secondary N) is 1. The molecule has 140 valence electrons. The number of hydrogen-bond acceptors (Lipinski definition) is 5. The molecule has 1 N–H and O–H groups in total. The maximum atomic E-state index is 12.2. The van der Waals surface area contributed by atoms with Gasteiger partial charge in [-0.3, -0.25) is 4.79 Å². The molecule has 3 aliphatic rings. The van der Waals surface area contributed by atoms with Crippen LogP contribution in [-0.4, -0.2) is 49.8 Å². The Bertz CT molecular complexity index is 837.